The Bertz CT molecular complexity index is 2230. The van der Waals surface area contributed by atoms with Crippen molar-refractivity contribution in [2.24, 2.45) is 0 Å². The van der Waals surface area contributed by atoms with Gasteiger partial charge in [-0.3, -0.25) is 15.0 Å². The number of hydrogen-bond donors (Lipinski definition) is 1. The lowest BCUT2D eigenvalue weighted by atomic mass is 10.4. The van der Waals surface area contributed by atoms with Crippen molar-refractivity contribution in [3.05, 3.63) is 234 Å². The molecule has 25 heteroatoms. The highest BCUT2D eigenvalue weighted by Gasteiger charge is 1.83. The Morgan fingerprint density at radius 1 is 0.513 bits per heavy atom. The number of aromatic nitrogens is 13. The Morgan fingerprint density at radius 2 is 1.35 bits per heavy atom. The molecule has 0 spiro atoms. The monoisotopic (exact) mass is 1170 g/mol. The molecule has 0 aliphatic heterocycles. The van der Waals surface area contributed by atoms with E-state index >= 15 is 0 Å². The van der Waals surface area contributed by atoms with E-state index in [1.807, 2.05) is 152 Å². The summed E-state index contributed by atoms with van der Waals surface area (Å²) in [6.07, 6.45) is 26.9. The summed E-state index contributed by atoms with van der Waals surface area (Å²) in [5, 5.41) is 19.5. The lowest BCUT2D eigenvalue weighted by Gasteiger charge is -1.67. The Hall–Kier alpha value is -7.68. The van der Waals surface area contributed by atoms with E-state index in [-0.39, 0.29) is 0 Å². The SMILES string of the molecule is Cc1cc[nH]c1.Cc1ccno1.Cc1ccns1.Cc1ccon1.Cc1ccsn1.Cc1cnco1.Cc1cncs1.Cc1cnoc1.Cc1cnsc1.Cc1cocn1.Cc1cscn1.Cc1ncco1.Cc1nccs1. The van der Waals surface area contributed by atoms with Crippen LogP contribution in [0.3, 0.4) is 0 Å². The molecule has 13 aromatic heterocycles. The second-order valence-electron chi connectivity index (χ2n) is 14.9. The van der Waals surface area contributed by atoms with Gasteiger partial charge in [0.1, 0.15) is 36.6 Å². The molecule has 416 valence electrons. The minimum atomic E-state index is 0.718. The highest BCUT2D eigenvalue weighted by atomic mass is 32.1. The minimum absolute atomic E-state index is 0.718. The van der Waals surface area contributed by atoms with Crippen molar-refractivity contribution in [1.29, 1.82) is 0 Å². The molecular formula is C53H67N13O6S6. The third kappa shape index (κ3) is 44.6. The van der Waals surface area contributed by atoms with Crippen molar-refractivity contribution in [2.45, 2.75) is 90.0 Å². The van der Waals surface area contributed by atoms with E-state index in [4.69, 9.17) is 8.83 Å². The fraction of sp³-hybridized carbons (Fsp3) is 0.245. The van der Waals surface area contributed by atoms with Gasteiger partial charge in [-0.25, -0.2) is 23.7 Å². The van der Waals surface area contributed by atoms with Crippen molar-refractivity contribution in [1.82, 2.24) is 63.5 Å². The maximum absolute atomic E-state index is 4.72. The van der Waals surface area contributed by atoms with Crippen LogP contribution in [0, 0.1) is 90.0 Å². The molecule has 19 nitrogen and oxygen atoms in total. The highest BCUT2D eigenvalue weighted by Crippen LogP contribution is 2.01. The maximum atomic E-state index is 4.72. The van der Waals surface area contributed by atoms with Crippen molar-refractivity contribution >= 4 is 68.6 Å². The van der Waals surface area contributed by atoms with E-state index in [0.29, 0.717) is 0 Å². The second-order valence-corrected chi connectivity index (χ2v) is 20.2. The smallest absolute Gasteiger partial charge is 0.190 e. The van der Waals surface area contributed by atoms with Gasteiger partial charge >= 0.3 is 0 Å². The summed E-state index contributed by atoms with van der Waals surface area (Å²) >= 11 is 9.47. The Morgan fingerprint density at radius 3 is 1.51 bits per heavy atom. The van der Waals surface area contributed by atoms with Crippen LogP contribution in [0.4, 0.5) is 0 Å². The fourth-order valence-electron chi connectivity index (χ4n) is 3.72. The Kier molecular flexibility index (Phi) is 40.8. The quantitative estimate of drug-likeness (QED) is 0.148. The number of thiazole rings is 3. The molecule has 0 fully saturated rings. The van der Waals surface area contributed by atoms with E-state index < -0.39 is 0 Å². The second kappa shape index (κ2) is 46.6. The van der Waals surface area contributed by atoms with Crippen molar-refractivity contribution in [2.75, 3.05) is 0 Å². The molecule has 13 rings (SSSR count). The first-order valence-electron chi connectivity index (χ1n) is 23.0. The third-order valence-corrected chi connectivity index (χ3v) is 11.6. The first kappa shape index (κ1) is 68.3. The third-order valence-electron chi connectivity index (χ3n) is 7.47. The number of aromatic amines is 1. The van der Waals surface area contributed by atoms with Crippen LogP contribution in [-0.4, -0.2) is 63.5 Å². The van der Waals surface area contributed by atoms with E-state index in [2.05, 4.69) is 88.4 Å². The van der Waals surface area contributed by atoms with Crippen LogP contribution in [0.2, 0.25) is 0 Å². The minimum Gasteiger partial charge on any atom is -0.452 e. The highest BCUT2D eigenvalue weighted by molar-refractivity contribution is 7.09. The van der Waals surface area contributed by atoms with Gasteiger partial charge in [0.2, 0.25) is 0 Å². The number of rotatable bonds is 0. The summed E-state index contributed by atoms with van der Waals surface area (Å²) in [6.45, 7) is 25.3. The van der Waals surface area contributed by atoms with Crippen molar-refractivity contribution in [3.8, 4) is 0 Å². The number of nitrogens with one attached hydrogen (secondary N) is 1. The molecule has 1 N–H and O–H groups in total. The summed E-state index contributed by atoms with van der Waals surface area (Å²) in [4.78, 5) is 28.3. The number of aryl methyl sites for hydroxylation is 13. The van der Waals surface area contributed by atoms with Gasteiger partial charge in [0.25, 0.3) is 0 Å². The van der Waals surface area contributed by atoms with Gasteiger partial charge in [-0.15, -0.1) is 34.0 Å². The normalized spacial score (nSPS) is 8.83. The van der Waals surface area contributed by atoms with Crippen LogP contribution >= 0.6 is 68.6 Å². The first-order chi connectivity index (χ1) is 37.6. The van der Waals surface area contributed by atoms with Crippen LogP contribution in [0.1, 0.15) is 71.6 Å². The molecule has 0 aliphatic rings. The first-order valence-corrected chi connectivity index (χ1v) is 28.2. The molecule has 13 heterocycles. The lowest BCUT2D eigenvalue weighted by molar-refractivity contribution is 0.397. The molecule has 0 bridgehead atoms. The Labute approximate surface area is 480 Å². The molecule has 0 saturated heterocycles. The van der Waals surface area contributed by atoms with E-state index in [1.54, 1.807) is 115 Å². The van der Waals surface area contributed by atoms with Gasteiger partial charge < -0.3 is 31.8 Å². The largest absolute Gasteiger partial charge is 0.452 e. The molecule has 0 atom stereocenters. The van der Waals surface area contributed by atoms with Crippen LogP contribution in [0.15, 0.2) is 190 Å². The standard InChI is InChI=1S/C5H7N.6C4H5NO.6C4H5NS/c1-5-2-3-6-4-5;1-4-2-6-3-5-4;1-4-2-5-3-6-4;1-4-2-5-6-3-4;1-4-5-2-3-6-4;1-4-2-3-6-5-4;1-4-2-3-5-6-4;1-4-2-6-3-5-4;1-4-2-5-3-6-4;1-4-2-5-6-3-4;1-4-5-2-3-6-4;1-4-2-3-6-5-4;1-4-2-3-5-6-4/h2-4,6H,1H3;12*2-3H,1H3. The molecule has 0 radical (unpaired) electrons. The van der Waals surface area contributed by atoms with Crippen molar-refractivity contribution < 1.29 is 26.8 Å². The number of oxazole rings is 3. The Balaban J connectivity index is 0.000000422. The van der Waals surface area contributed by atoms with Crippen LogP contribution in [-0.2, 0) is 0 Å². The summed E-state index contributed by atoms with van der Waals surface area (Å²) in [5.74, 6) is 2.43. The molecule has 13 aromatic rings. The zero-order valence-corrected chi connectivity index (χ0v) is 50.8. The number of H-pyrrole nitrogens is 1. The summed E-state index contributed by atoms with van der Waals surface area (Å²) in [6, 6.07) is 9.62. The van der Waals surface area contributed by atoms with Gasteiger partial charge in [-0.05, 0) is 147 Å². The predicted octanol–water partition coefficient (Wildman–Crippen LogP) is 15.9. The van der Waals surface area contributed by atoms with E-state index in [0.717, 1.165) is 50.8 Å². The lowest BCUT2D eigenvalue weighted by Crippen LogP contribution is -1.59. The molecule has 0 amide bonds. The molecule has 0 aromatic carbocycles. The average molecular weight is 1170 g/mol. The molecule has 78 heavy (non-hydrogen) atoms. The van der Waals surface area contributed by atoms with Gasteiger partial charge in [0.05, 0.1) is 57.9 Å². The van der Waals surface area contributed by atoms with E-state index in [1.165, 1.54) is 68.3 Å². The van der Waals surface area contributed by atoms with Gasteiger partial charge in [0, 0.05) is 98.8 Å². The zero-order valence-electron chi connectivity index (χ0n) is 45.9. The zero-order chi connectivity index (χ0) is 57.3. The number of hydrogen-bond acceptors (Lipinski definition) is 24. The average Bonchev–Trinajstić information content (AvgIpc) is 4.23. The molecule has 0 saturated carbocycles. The molecule has 0 unspecified atom stereocenters. The van der Waals surface area contributed by atoms with Crippen molar-refractivity contribution in [3.63, 3.8) is 0 Å². The topological polar surface area (TPSA) is 249 Å². The van der Waals surface area contributed by atoms with Crippen LogP contribution in [0.25, 0.3) is 0 Å². The number of nitrogens with zero attached hydrogens (tertiary/aromatic N) is 12. The van der Waals surface area contributed by atoms with Crippen LogP contribution in [0.5, 0.6) is 0 Å². The molecule has 0 aliphatic carbocycles. The van der Waals surface area contributed by atoms with Gasteiger partial charge in [-0.1, -0.05) is 15.5 Å². The van der Waals surface area contributed by atoms with Gasteiger partial charge in [-0.2, -0.15) is 4.37 Å². The summed E-state index contributed by atoms with van der Waals surface area (Å²) < 4.78 is 39.2. The fourth-order valence-corrected chi connectivity index (χ4v) is 6.59. The van der Waals surface area contributed by atoms with E-state index in [9.17, 15) is 0 Å². The summed E-state index contributed by atoms with van der Waals surface area (Å²) in [7, 11) is 0. The molecular weight excluding hydrogens is 1110 g/mol. The van der Waals surface area contributed by atoms with Crippen LogP contribution < -0.4 is 0 Å². The maximum Gasteiger partial charge on any atom is 0.190 e. The predicted molar refractivity (Wildman–Crippen MR) is 314 cm³/mol. The van der Waals surface area contributed by atoms with Gasteiger partial charge in [0.15, 0.2) is 18.7 Å². The summed E-state index contributed by atoms with van der Waals surface area (Å²) in [5.41, 5.74) is 11.3.